The monoisotopic (exact) mass is 309 g/mol. The molecule has 0 saturated carbocycles. The van der Waals surface area contributed by atoms with Crippen molar-refractivity contribution in [1.29, 1.82) is 0 Å². The van der Waals surface area contributed by atoms with Crippen molar-refractivity contribution in [1.82, 2.24) is 5.32 Å². The van der Waals surface area contributed by atoms with Gasteiger partial charge in [-0.1, -0.05) is 19.1 Å². The Morgan fingerprint density at radius 2 is 2.05 bits per heavy atom. The van der Waals surface area contributed by atoms with E-state index in [0.29, 0.717) is 37.4 Å². The lowest BCUT2D eigenvalue weighted by molar-refractivity contribution is 0.0984. The van der Waals surface area contributed by atoms with Crippen LogP contribution in [0.15, 0.2) is 47.1 Å². The van der Waals surface area contributed by atoms with Gasteiger partial charge >= 0.3 is 0 Å². The fourth-order valence-corrected chi connectivity index (χ4v) is 1.87. The molecular formula is C16H20ClNO3. The number of ether oxygens (including phenoxy) is 1. The lowest BCUT2D eigenvalue weighted by Gasteiger charge is -2.10. The normalized spacial score (nSPS) is 9.95. The zero-order valence-corrected chi connectivity index (χ0v) is 12.8. The molecule has 1 aromatic carbocycles. The standard InChI is InChI=1S/C16H19NO3.ClH/c1-2-15(18)14-7-3-4-8-16(14)20-11-9-17-12-13-6-5-10-19-13;/h3-8,10,17H,2,9,11-12H2,1H3;1H. The summed E-state index contributed by atoms with van der Waals surface area (Å²) in [4.78, 5) is 11.8. The van der Waals surface area contributed by atoms with Crippen LogP contribution in [-0.4, -0.2) is 18.9 Å². The summed E-state index contributed by atoms with van der Waals surface area (Å²) in [5.74, 6) is 1.65. The second-order valence-corrected chi connectivity index (χ2v) is 4.38. The largest absolute Gasteiger partial charge is 0.492 e. The second-order valence-electron chi connectivity index (χ2n) is 4.38. The van der Waals surface area contributed by atoms with Crippen LogP contribution in [0.25, 0.3) is 0 Å². The first kappa shape index (κ1) is 17.3. The molecule has 1 aromatic heterocycles. The van der Waals surface area contributed by atoms with Crippen LogP contribution in [0, 0.1) is 0 Å². The summed E-state index contributed by atoms with van der Waals surface area (Å²) < 4.78 is 10.9. The molecule has 0 amide bonds. The van der Waals surface area contributed by atoms with Gasteiger partial charge in [-0.3, -0.25) is 4.79 Å². The molecule has 0 unspecified atom stereocenters. The topological polar surface area (TPSA) is 51.5 Å². The van der Waals surface area contributed by atoms with Crippen molar-refractivity contribution < 1.29 is 13.9 Å². The Kier molecular flexibility index (Phi) is 7.58. The Bertz CT molecular complexity index is 540. The fourth-order valence-electron chi connectivity index (χ4n) is 1.87. The molecule has 1 N–H and O–H groups in total. The molecule has 4 nitrogen and oxygen atoms in total. The van der Waals surface area contributed by atoms with Gasteiger partial charge in [-0.25, -0.2) is 0 Å². The number of halogens is 1. The van der Waals surface area contributed by atoms with Gasteiger partial charge in [0.25, 0.3) is 0 Å². The third kappa shape index (κ3) is 5.25. The van der Waals surface area contributed by atoms with Crippen LogP contribution in [0.2, 0.25) is 0 Å². The smallest absolute Gasteiger partial charge is 0.166 e. The van der Waals surface area contributed by atoms with Crippen molar-refractivity contribution in [3.8, 4) is 5.75 Å². The Morgan fingerprint density at radius 3 is 2.76 bits per heavy atom. The van der Waals surface area contributed by atoms with Crippen molar-refractivity contribution in [2.45, 2.75) is 19.9 Å². The minimum atomic E-state index is 0. The quantitative estimate of drug-likeness (QED) is 0.599. The number of ketones is 1. The number of Topliss-reactive ketones (excluding diaryl/α,β-unsaturated/α-hetero) is 1. The lowest BCUT2D eigenvalue weighted by atomic mass is 10.1. The van der Waals surface area contributed by atoms with Crippen molar-refractivity contribution in [3.63, 3.8) is 0 Å². The molecule has 0 radical (unpaired) electrons. The SMILES string of the molecule is CCC(=O)c1ccccc1OCCNCc1ccco1.Cl. The molecule has 1 heterocycles. The summed E-state index contributed by atoms with van der Waals surface area (Å²) in [5.41, 5.74) is 0.654. The summed E-state index contributed by atoms with van der Waals surface area (Å²) in [6, 6.07) is 11.1. The summed E-state index contributed by atoms with van der Waals surface area (Å²) in [6.07, 6.45) is 2.14. The van der Waals surface area contributed by atoms with Gasteiger partial charge < -0.3 is 14.5 Å². The number of furan rings is 1. The minimum Gasteiger partial charge on any atom is -0.492 e. The number of hydrogen-bond donors (Lipinski definition) is 1. The van der Waals surface area contributed by atoms with Crippen LogP contribution in [0.5, 0.6) is 5.75 Å². The van der Waals surface area contributed by atoms with Gasteiger partial charge in [0.2, 0.25) is 0 Å². The summed E-state index contributed by atoms with van der Waals surface area (Å²) in [7, 11) is 0. The first-order chi connectivity index (χ1) is 9.81. The zero-order valence-electron chi connectivity index (χ0n) is 12.0. The molecule has 21 heavy (non-hydrogen) atoms. The second kappa shape index (κ2) is 9.21. The summed E-state index contributed by atoms with van der Waals surface area (Å²) in [5, 5.41) is 3.22. The van der Waals surface area contributed by atoms with E-state index in [4.69, 9.17) is 9.15 Å². The number of para-hydroxylation sites is 1. The number of hydrogen-bond acceptors (Lipinski definition) is 4. The van der Waals surface area contributed by atoms with E-state index in [1.807, 2.05) is 37.3 Å². The highest BCUT2D eigenvalue weighted by molar-refractivity contribution is 5.98. The maximum Gasteiger partial charge on any atom is 0.166 e. The molecule has 0 aliphatic rings. The molecule has 0 aliphatic heterocycles. The number of carbonyl (C=O) groups is 1. The highest BCUT2D eigenvalue weighted by atomic mass is 35.5. The van der Waals surface area contributed by atoms with Crippen LogP contribution in [-0.2, 0) is 6.54 Å². The third-order valence-corrected chi connectivity index (χ3v) is 2.92. The molecule has 0 atom stereocenters. The molecule has 114 valence electrons. The zero-order chi connectivity index (χ0) is 14.2. The van der Waals surface area contributed by atoms with Crippen molar-refractivity contribution in [2.75, 3.05) is 13.2 Å². The highest BCUT2D eigenvalue weighted by Crippen LogP contribution is 2.19. The molecule has 5 heteroatoms. The van der Waals surface area contributed by atoms with Gasteiger partial charge in [0.05, 0.1) is 18.4 Å². The summed E-state index contributed by atoms with van der Waals surface area (Å²) >= 11 is 0. The van der Waals surface area contributed by atoms with Gasteiger partial charge in [-0.2, -0.15) is 0 Å². The Balaban J connectivity index is 0.00000220. The van der Waals surface area contributed by atoms with E-state index in [1.54, 1.807) is 12.3 Å². The van der Waals surface area contributed by atoms with Crippen LogP contribution in [0.4, 0.5) is 0 Å². The maximum absolute atomic E-state index is 11.8. The van der Waals surface area contributed by atoms with Gasteiger partial charge in [0.15, 0.2) is 5.78 Å². The molecule has 0 spiro atoms. The van der Waals surface area contributed by atoms with Gasteiger partial charge in [-0.05, 0) is 24.3 Å². The molecule has 0 aliphatic carbocycles. The Hall–Kier alpha value is -1.78. The van der Waals surface area contributed by atoms with Gasteiger partial charge in [0, 0.05) is 13.0 Å². The molecule has 2 rings (SSSR count). The fraction of sp³-hybridized carbons (Fsp3) is 0.312. The van der Waals surface area contributed by atoms with Crippen LogP contribution >= 0.6 is 12.4 Å². The number of rotatable bonds is 8. The van der Waals surface area contributed by atoms with Gasteiger partial charge in [-0.15, -0.1) is 12.4 Å². The van der Waals surface area contributed by atoms with Crippen LogP contribution in [0.3, 0.4) is 0 Å². The Labute approximate surface area is 130 Å². The number of benzene rings is 1. The van der Waals surface area contributed by atoms with E-state index >= 15 is 0 Å². The van der Waals surface area contributed by atoms with Crippen molar-refractivity contribution >= 4 is 18.2 Å². The molecular weight excluding hydrogens is 290 g/mol. The van der Waals surface area contributed by atoms with E-state index in [-0.39, 0.29) is 18.2 Å². The number of carbonyl (C=O) groups excluding carboxylic acids is 1. The minimum absolute atomic E-state index is 0. The van der Waals surface area contributed by atoms with E-state index in [2.05, 4.69) is 5.32 Å². The van der Waals surface area contributed by atoms with Crippen molar-refractivity contribution in [3.05, 3.63) is 54.0 Å². The first-order valence-electron chi connectivity index (χ1n) is 6.79. The van der Waals surface area contributed by atoms with E-state index in [1.165, 1.54) is 0 Å². The van der Waals surface area contributed by atoms with Crippen LogP contribution < -0.4 is 10.1 Å². The molecule has 0 saturated heterocycles. The van der Waals surface area contributed by atoms with E-state index in [0.717, 1.165) is 5.76 Å². The van der Waals surface area contributed by atoms with E-state index in [9.17, 15) is 4.79 Å². The highest BCUT2D eigenvalue weighted by Gasteiger charge is 2.09. The average Bonchev–Trinajstić information content (AvgIpc) is 3.00. The predicted molar refractivity (Wildman–Crippen MR) is 84.2 cm³/mol. The van der Waals surface area contributed by atoms with Gasteiger partial charge in [0.1, 0.15) is 18.1 Å². The molecule has 2 aromatic rings. The average molecular weight is 310 g/mol. The molecule has 0 fully saturated rings. The summed E-state index contributed by atoms with van der Waals surface area (Å²) in [6.45, 7) is 3.72. The maximum atomic E-state index is 11.8. The predicted octanol–water partition coefficient (Wildman–Crippen LogP) is 3.46. The first-order valence-corrected chi connectivity index (χ1v) is 6.79. The van der Waals surface area contributed by atoms with Crippen LogP contribution in [0.1, 0.15) is 29.5 Å². The molecule has 0 bridgehead atoms. The lowest BCUT2D eigenvalue weighted by Crippen LogP contribution is -2.20. The third-order valence-electron chi connectivity index (χ3n) is 2.92. The number of nitrogens with one attached hydrogen (secondary N) is 1. The van der Waals surface area contributed by atoms with Crippen molar-refractivity contribution in [2.24, 2.45) is 0 Å². The van der Waals surface area contributed by atoms with E-state index < -0.39 is 0 Å². The Morgan fingerprint density at radius 1 is 1.24 bits per heavy atom.